The predicted octanol–water partition coefficient (Wildman–Crippen LogP) is 3.32. The van der Waals surface area contributed by atoms with E-state index in [-0.39, 0.29) is 23.3 Å². The third-order valence-electron chi connectivity index (χ3n) is 3.23. The highest BCUT2D eigenvalue weighted by atomic mass is 32.1. The lowest BCUT2D eigenvalue weighted by Crippen LogP contribution is -2.28. The summed E-state index contributed by atoms with van der Waals surface area (Å²) in [6, 6.07) is 8.10. The van der Waals surface area contributed by atoms with E-state index in [1.54, 1.807) is 18.4 Å². The van der Waals surface area contributed by atoms with Gasteiger partial charge in [0.1, 0.15) is 6.10 Å². The van der Waals surface area contributed by atoms with E-state index in [2.05, 4.69) is 5.32 Å². The molecule has 2 aromatic rings. The van der Waals surface area contributed by atoms with Crippen molar-refractivity contribution in [3.05, 3.63) is 51.5 Å². The predicted molar refractivity (Wildman–Crippen MR) is 84.1 cm³/mol. The van der Waals surface area contributed by atoms with Crippen molar-refractivity contribution in [1.82, 2.24) is 5.32 Å². The van der Waals surface area contributed by atoms with Gasteiger partial charge in [0.25, 0.3) is 5.91 Å². The van der Waals surface area contributed by atoms with Crippen molar-refractivity contribution in [2.75, 3.05) is 20.8 Å². The van der Waals surface area contributed by atoms with E-state index in [0.29, 0.717) is 6.54 Å². The lowest BCUT2D eigenvalue weighted by molar-refractivity contribution is 0.0837. The van der Waals surface area contributed by atoms with Crippen LogP contribution in [0.25, 0.3) is 0 Å². The van der Waals surface area contributed by atoms with E-state index >= 15 is 0 Å². The second-order valence-electron chi connectivity index (χ2n) is 4.73. The number of hydrogen-bond acceptors (Lipinski definition) is 4. The minimum atomic E-state index is -0.563. The zero-order chi connectivity index (χ0) is 16.1. The quantitative estimate of drug-likeness (QED) is 0.887. The number of nitrogens with one attached hydrogen (secondary N) is 1. The molecular weight excluding hydrogens is 305 g/mol. The summed E-state index contributed by atoms with van der Waals surface area (Å²) in [5, 5.41) is 2.76. The molecule has 1 N–H and O–H groups in total. The van der Waals surface area contributed by atoms with Crippen molar-refractivity contribution in [1.29, 1.82) is 0 Å². The molecule has 0 aliphatic heterocycles. The molecule has 1 atom stereocenters. The zero-order valence-corrected chi connectivity index (χ0v) is 13.5. The minimum absolute atomic E-state index is 0.111. The average Bonchev–Trinajstić information content (AvgIpc) is 2.94. The van der Waals surface area contributed by atoms with Gasteiger partial charge in [-0.2, -0.15) is 0 Å². The maximum atomic E-state index is 13.6. The lowest BCUT2D eigenvalue weighted by atomic mass is 10.2. The van der Waals surface area contributed by atoms with Crippen LogP contribution in [0, 0.1) is 12.7 Å². The molecule has 1 amide bonds. The minimum Gasteiger partial charge on any atom is -0.494 e. The van der Waals surface area contributed by atoms with Crippen LogP contribution in [-0.4, -0.2) is 26.7 Å². The van der Waals surface area contributed by atoms with Crippen LogP contribution in [0.5, 0.6) is 5.75 Å². The summed E-state index contributed by atoms with van der Waals surface area (Å²) in [4.78, 5) is 14.3. The number of ether oxygens (including phenoxy) is 2. The first-order chi connectivity index (χ1) is 10.5. The summed E-state index contributed by atoms with van der Waals surface area (Å²) in [6.45, 7) is 2.34. The Balaban J connectivity index is 2.01. The summed E-state index contributed by atoms with van der Waals surface area (Å²) in [6.07, 6.45) is -0.217. The van der Waals surface area contributed by atoms with E-state index < -0.39 is 5.82 Å². The molecule has 0 saturated carbocycles. The number of hydrogen-bond donors (Lipinski definition) is 1. The molecular formula is C16H18FNO3S. The lowest BCUT2D eigenvalue weighted by Gasteiger charge is -2.15. The van der Waals surface area contributed by atoms with Crippen LogP contribution in [-0.2, 0) is 4.74 Å². The molecule has 4 nitrogen and oxygen atoms in total. The van der Waals surface area contributed by atoms with Crippen LogP contribution in [0.15, 0.2) is 30.3 Å². The van der Waals surface area contributed by atoms with Crippen molar-refractivity contribution >= 4 is 17.2 Å². The van der Waals surface area contributed by atoms with Crippen LogP contribution < -0.4 is 10.1 Å². The van der Waals surface area contributed by atoms with Crippen molar-refractivity contribution < 1.29 is 18.7 Å². The molecule has 0 bridgehead atoms. The van der Waals surface area contributed by atoms with Gasteiger partial charge in [-0.05, 0) is 37.3 Å². The molecule has 1 aromatic carbocycles. The number of aryl methyl sites for hydroxylation is 1. The Morgan fingerprint density at radius 1 is 1.32 bits per heavy atom. The van der Waals surface area contributed by atoms with Gasteiger partial charge >= 0.3 is 0 Å². The fourth-order valence-electron chi connectivity index (χ4n) is 2.02. The molecule has 0 spiro atoms. The van der Waals surface area contributed by atoms with Crippen LogP contribution in [0.1, 0.15) is 26.2 Å². The Kier molecular flexibility index (Phi) is 5.51. The number of rotatable bonds is 6. The van der Waals surface area contributed by atoms with Gasteiger partial charge in [0, 0.05) is 29.0 Å². The number of benzene rings is 1. The third kappa shape index (κ3) is 3.84. The summed E-state index contributed by atoms with van der Waals surface area (Å²) < 4.78 is 23.8. The summed E-state index contributed by atoms with van der Waals surface area (Å²) >= 11 is 1.62. The largest absolute Gasteiger partial charge is 0.494 e. The fraction of sp³-hybridized carbons (Fsp3) is 0.312. The third-order valence-corrected chi connectivity index (χ3v) is 4.32. The molecule has 118 valence electrons. The summed E-state index contributed by atoms with van der Waals surface area (Å²) in [5.41, 5.74) is 0.246. The van der Waals surface area contributed by atoms with Gasteiger partial charge < -0.3 is 14.8 Å². The van der Waals surface area contributed by atoms with Gasteiger partial charge in [0.05, 0.1) is 7.11 Å². The highest BCUT2D eigenvalue weighted by molar-refractivity contribution is 7.12. The standard InChI is InChI=1S/C16H18FNO3S/c1-10-4-7-15(22-10)14(21-3)9-18-16(19)11-5-6-13(20-2)12(17)8-11/h4-8,14H,9H2,1-3H3,(H,18,19). The van der Waals surface area contributed by atoms with E-state index in [1.165, 1.54) is 24.1 Å². The maximum absolute atomic E-state index is 13.6. The molecule has 1 heterocycles. The Bertz CT molecular complexity index is 657. The first-order valence-electron chi connectivity index (χ1n) is 6.76. The van der Waals surface area contributed by atoms with Crippen LogP contribution in [0.3, 0.4) is 0 Å². The number of thiophene rings is 1. The van der Waals surface area contributed by atoms with Gasteiger partial charge in [-0.1, -0.05) is 0 Å². The van der Waals surface area contributed by atoms with E-state index in [4.69, 9.17) is 9.47 Å². The molecule has 0 radical (unpaired) electrons. The van der Waals surface area contributed by atoms with Gasteiger partial charge in [0.15, 0.2) is 11.6 Å². The Hall–Kier alpha value is -1.92. The van der Waals surface area contributed by atoms with Crippen molar-refractivity contribution in [2.45, 2.75) is 13.0 Å². The summed E-state index contributed by atoms with van der Waals surface area (Å²) in [5.74, 6) is -0.801. The molecule has 1 unspecified atom stereocenters. The molecule has 0 aliphatic rings. The number of methoxy groups -OCH3 is 2. The number of carbonyl (C=O) groups excluding carboxylic acids is 1. The van der Waals surface area contributed by atoms with Gasteiger partial charge in [0.2, 0.25) is 0 Å². The first-order valence-corrected chi connectivity index (χ1v) is 7.57. The normalized spacial score (nSPS) is 12.0. The van der Waals surface area contributed by atoms with Crippen molar-refractivity contribution in [2.24, 2.45) is 0 Å². The van der Waals surface area contributed by atoms with E-state index in [9.17, 15) is 9.18 Å². The molecule has 0 saturated heterocycles. The van der Waals surface area contributed by atoms with Crippen molar-refractivity contribution in [3.8, 4) is 5.75 Å². The molecule has 0 fully saturated rings. The number of halogens is 1. The number of amides is 1. The topological polar surface area (TPSA) is 47.6 Å². The second kappa shape index (κ2) is 7.38. The molecule has 1 aromatic heterocycles. The van der Waals surface area contributed by atoms with E-state index in [1.807, 2.05) is 19.1 Å². The van der Waals surface area contributed by atoms with Crippen LogP contribution in [0.2, 0.25) is 0 Å². The molecule has 2 rings (SSSR count). The van der Waals surface area contributed by atoms with Crippen LogP contribution >= 0.6 is 11.3 Å². The number of carbonyl (C=O) groups is 1. The maximum Gasteiger partial charge on any atom is 0.251 e. The monoisotopic (exact) mass is 323 g/mol. The SMILES string of the molecule is COc1ccc(C(=O)NCC(OC)c2ccc(C)s2)cc1F. The van der Waals surface area contributed by atoms with E-state index in [0.717, 1.165) is 10.9 Å². The first kappa shape index (κ1) is 16.5. The highest BCUT2D eigenvalue weighted by Gasteiger charge is 2.15. The molecule has 0 aliphatic carbocycles. The average molecular weight is 323 g/mol. The van der Waals surface area contributed by atoms with Crippen LogP contribution in [0.4, 0.5) is 4.39 Å². The van der Waals surface area contributed by atoms with Gasteiger partial charge in [-0.15, -0.1) is 11.3 Å². The Morgan fingerprint density at radius 3 is 2.64 bits per heavy atom. The van der Waals surface area contributed by atoms with Gasteiger partial charge in [-0.3, -0.25) is 4.79 Å². The van der Waals surface area contributed by atoms with Crippen molar-refractivity contribution in [3.63, 3.8) is 0 Å². The zero-order valence-electron chi connectivity index (χ0n) is 12.7. The fourth-order valence-corrected chi connectivity index (χ4v) is 2.98. The smallest absolute Gasteiger partial charge is 0.251 e. The highest BCUT2D eigenvalue weighted by Crippen LogP contribution is 2.24. The Morgan fingerprint density at radius 2 is 2.09 bits per heavy atom. The van der Waals surface area contributed by atoms with Gasteiger partial charge in [-0.25, -0.2) is 4.39 Å². The second-order valence-corrected chi connectivity index (χ2v) is 6.05. The Labute approximate surface area is 132 Å². The molecule has 6 heteroatoms. The summed E-state index contributed by atoms with van der Waals surface area (Å²) in [7, 11) is 2.98. The molecule has 22 heavy (non-hydrogen) atoms.